The highest BCUT2D eigenvalue weighted by atomic mass is 16.5. The lowest BCUT2D eigenvalue weighted by molar-refractivity contribution is -0.144. The number of benzene rings is 1. The summed E-state index contributed by atoms with van der Waals surface area (Å²) in [6.07, 6.45) is 8.87. The summed E-state index contributed by atoms with van der Waals surface area (Å²) >= 11 is 0. The van der Waals surface area contributed by atoms with Gasteiger partial charge < -0.3 is 14.5 Å². The van der Waals surface area contributed by atoms with Crippen LogP contribution in [0.3, 0.4) is 0 Å². The highest BCUT2D eigenvalue weighted by Gasteiger charge is 2.34. The molecule has 0 radical (unpaired) electrons. The number of anilines is 1. The lowest BCUT2D eigenvalue weighted by atomic mass is 9.93. The number of carbonyl (C=O) groups excluding carboxylic acids is 1. The monoisotopic (exact) mass is 330 g/mol. The van der Waals surface area contributed by atoms with Crippen LogP contribution in [0.1, 0.15) is 27.2 Å². The second-order valence-electron chi connectivity index (χ2n) is 6.53. The first-order valence-corrected chi connectivity index (χ1v) is 8.56. The van der Waals surface area contributed by atoms with Gasteiger partial charge in [0.1, 0.15) is 0 Å². The molecule has 0 bridgehead atoms. The molecule has 0 N–H and O–H groups in total. The molecular formula is C20H30N2O2. The Morgan fingerprint density at radius 2 is 1.67 bits per heavy atom. The van der Waals surface area contributed by atoms with Gasteiger partial charge in [0, 0.05) is 31.9 Å². The van der Waals surface area contributed by atoms with E-state index in [-0.39, 0.29) is 11.4 Å². The average Bonchev–Trinajstić information content (AvgIpc) is 2.95. The zero-order chi connectivity index (χ0) is 18.0. The SMILES string of the molecule is C#C.CC1(C)CCOC1=O.CCN1CCN(c2ccccc2)CC1. The molecule has 2 aliphatic rings. The molecule has 0 aromatic heterocycles. The summed E-state index contributed by atoms with van der Waals surface area (Å²) in [4.78, 5) is 15.6. The largest absolute Gasteiger partial charge is 0.465 e. The first-order chi connectivity index (χ1) is 11.5. The number of likely N-dealkylation sites (N-methyl/N-ethyl adjacent to an activating group) is 1. The van der Waals surface area contributed by atoms with Gasteiger partial charge >= 0.3 is 5.97 Å². The van der Waals surface area contributed by atoms with Crippen LogP contribution in [0.25, 0.3) is 0 Å². The number of rotatable bonds is 2. The number of hydrogen-bond donors (Lipinski definition) is 0. The van der Waals surface area contributed by atoms with Crippen LogP contribution in [0.4, 0.5) is 5.69 Å². The number of terminal acetylenes is 1. The van der Waals surface area contributed by atoms with Crippen LogP contribution in [0.2, 0.25) is 0 Å². The van der Waals surface area contributed by atoms with Crippen molar-refractivity contribution < 1.29 is 9.53 Å². The van der Waals surface area contributed by atoms with Gasteiger partial charge in [-0.25, -0.2) is 0 Å². The lowest BCUT2D eigenvalue weighted by Gasteiger charge is -2.35. The molecule has 0 aliphatic carbocycles. The van der Waals surface area contributed by atoms with Crippen molar-refractivity contribution in [2.24, 2.45) is 5.41 Å². The van der Waals surface area contributed by atoms with E-state index in [0.29, 0.717) is 6.61 Å². The maximum absolute atomic E-state index is 10.7. The first-order valence-electron chi connectivity index (χ1n) is 8.56. The molecule has 2 fully saturated rings. The number of cyclic esters (lactones) is 1. The van der Waals surface area contributed by atoms with Gasteiger partial charge in [0.15, 0.2) is 0 Å². The standard InChI is InChI=1S/C12H18N2.C6H10O2.C2H2/c1-2-13-8-10-14(11-9-13)12-6-4-3-5-7-12;1-6(2)3-4-8-5(6)7;1-2/h3-7H,2,8-11H2,1H3;3-4H2,1-2H3;1-2H. The Morgan fingerprint density at radius 1 is 1.08 bits per heavy atom. The molecule has 1 aromatic rings. The molecule has 0 spiro atoms. The lowest BCUT2D eigenvalue weighted by Crippen LogP contribution is -2.46. The minimum absolute atomic E-state index is 0.0579. The van der Waals surface area contributed by atoms with Crippen molar-refractivity contribution in [3.8, 4) is 12.8 Å². The molecule has 4 heteroatoms. The van der Waals surface area contributed by atoms with E-state index < -0.39 is 0 Å². The van der Waals surface area contributed by atoms with Crippen LogP contribution in [0, 0.1) is 18.3 Å². The number of esters is 1. The molecule has 24 heavy (non-hydrogen) atoms. The van der Waals surface area contributed by atoms with Crippen LogP contribution in [-0.2, 0) is 9.53 Å². The van der Waals surface area contributed by atoms with Crippen molar-refractivity contribution >= 4 is 11.7 Å². The predicted molar refractivity (Wildman–Crippen MR) is 100 cm³/mol. The molecule has 0 atom stereocenters. The molecule has 1 aromatic carbocycles. The Kier molecular flexibility index (Phi) is 8.35. The van der Waals surface area contributed by atoms with E-state index in [1.54, 1.807) is 0 Å². The third-order valence-electron chi connectivity index (χ3n) is 4.45. The quantitative estimate of drug-likeness (QED) is 0.616. The second-order valence-corrected chi connectivity index (χ2v) is 6.53. The van der Waals surface area contributed by atoms with Crippen LogP contribution < -0.4 is 4.90 Å². The molecule has 2 saturated heterocycles. The summed E-state index contributed by atoms with van der Waals surface area (Å²) in [5, 5.41) is 0. The second kappa shape index (κ2) is 10.00. The summed E-state index contributed by atoms with van der Waals surface area (Å²) in [7, 11) is 0. The molecular weight excluding hydrogens is 300 g/mol. The summed E-state index contributed by atoms with van der Waals surface area (Å²) in [5.74, 6) is -0.0579. The van der Waals surface area contributed by atoms with E-state index >= 15 is 0 Å². The smallest absolute Gasteiger partial charge is 0.311 e. The normalized spacial score (nSPS) is 19.4. The zero-order valence-electron chi connectivity index (χ0n) is 15.2. The highest BCUT2D eigenvalue weighted by Crippen LogP contribution is 2.27. The molecule has 0 unspecified atom stereocenters. The van der Waals surface area contributed by atoms with E-state index in [4.69, 9.17) is 4.74 Å². The minimum atomic E-state index is -0.208. The van der Waals surface area contributed by atoms with Gasteiger partial charge in [-0.15, -0.1) is 12.8 Å². The fourth-order valence-corrected chi connectivity index (χ4v) is 2.66. The summed E-state index contributed by atoms with van der Waals surface area (Å²) in [5.41, 5.74) is 1.16. The van der Waals surface area contributed by atoms with Crippen molar-refractivity contribution in [1.82, 2.24) is 4.90 Å². The van der Waals surface area contributed by atoms with Crippen molar-refractivity contribution in [1.29, 1.82) is 0 Å². The number of hydrogen-bond acceptors (Lipinski definition) is 4. The summed E-state index contributed by atoms with van der Waals surface area (Å²) < 4.78 is 4.73. The van der Waals surface area contributed by atoms with Gasteiger partial charge in [-0.05, 0) is 38.9 Å². The van der Waals surface area contributed by atoms with Gasteiger partial charge in [-0.3, -0.25) is 4.79 Å². The van der Waals surface area contributed by atoms with E-state index in [0.717, 1.165) is 19.5 Å². The van der Waals surface area contributed by atoms with Crippen LogP contribution in [-0.4, -0.2) is 50.2 Å². The highest BCUT2D eigenvalue weighted by molar-refractivity contribution is 5.77. The predicted octanol–water partition coefficient (Wildman–Crippen LogP) is 3.04. The molecule has 132 valence electrons. The minimum Gasteiger partial charge on any atom is -0.465 e. The summed E-state index contributed by atoms with van der Waals surface area (Å²) in [6.45, 7) is 12.6. The molecule has 0 saturated carbocycles. The van der Waals surface area contributed by atoms with Crippen molar-refractivity contribution in [3.05, 3.63) is 30.3 Å². The Labute approximate surface area is 146 Å². The molecule has 4 nitrogen and oxygen atoms in total. The fourth-order valence-electron chi connectivity index (χ4n) is 2.66. The van der Waals surface area contributed by atoms with E-state index in [9.17, 15) is 4.79 Å². The molecule has 0 amide bonds. The maximum Gasteiger partial charge on any atom is 0.311 e. The Morgan fingerprint density at radius 3 is 2.04 bits per heavy atom. The Hall–Kier alpha value is -1.99. The van der Waals surface area contributed by atoms with Gasteiger partial charge in [0.25, 0.3) is 0 Å². The third kappa shape index (κ3) is 5.90. The van der Waals surface area contributed by atoms with Crippen LogP contribution in [0.5, 0.6) is 0 Å². The molecule has 2 aliphatic heterocycles. The van der Waals surface area contributed by atoms with Crippen molar-refractivity contribution in [3.63, 3.8) is 0 Å². The number of ether oxygens (including phenoxy) is 1. The third-order valence-corrected chi connectivity index (χ3v) is 4.45. The topological polar surface area (TPSA) is 32.8 Å². The van der Waals surface area contributed by atoms with Crippen molar-refractivity contribution in [2.75, 3.05) is 44.2 Å². The van der Waals surface area contributed by atoms with E-state index in [1.807, 2.05) is 13.8 Å². The van der Waals surface area contributed by atoms with Crippen molar-refractivity contribution in [2.45, 2.75) is 27.2 Å². The zero-order valence-corrected chi connectivity index (χ0v) is 15.2. The van der Waals surface area contributed by atoms with Crippen LogP contribution >= 0.6 is 0 Å². The fraction of sp³-hybridized carbons (Fsp3) is 0.550. The van der Waals surface area contributed by atoms with E-state index in [1.165, 1.54) is 25.3 Å². The first kappa shape index (κ1) is 20.1. The van der Waals surface area contributed by atoms with Gasteiger partial charge in [0.05, 0.1) is 12.0 Å². The Bertz CT molecular complexity index is 503. The number of nitrogens with zero attached hydrogens (tertiary/aromatic N) is 2. The van der Waals surface area contributed by atoms with Gasteiger partial charge in [-0.1, -0.05) is 25.1 Å². The van der Waals surface area contributed by atoms with Crippen LogP contribution in [0.15, 0.2) is 30.3 Å². The summed E-state index contributed by atoms with van der Waals surface area (Å²) in [6, 6.07) is 10.7. The number of carbonyl (C=O) groups is 1. The van der Waals surface area contributed by atoms with E-state index in [2.05, 4.69) is 59.9 Å². The average molecular weight is 330 g/mol. The number of piperazine rings is 1. The maximum atomic E-state index is 10.7. The van der Waals surface area contributed by atoms with Gasteiger partial charge in [0.2, 0.25) is 0 Å². The molecule has 2 heterocycles. The Balaban J connectivity index is 0.000000245. The molecule has 3 rings (SSSR count). The van der Waals surface area contributed by atoms with Gasteiger partial charge in [-0.2, -0.15) is 0 Å². The number of para-hydroxylation sites is 1.